The number of aromatic hydroxyl groups is 1. The van der Waals surface area contributed by atoms with Crippen LogP contribution in [0, 0.1) is 5.82 Å². The molecule has 2 aromatic rings. The van der Waals surface area contributed by atoms with Crippen molar-refractivity contribution in [1.82, 2.24) is 0 Å². The van der Waals surface area contributed by atoms with Crippen molar-refractivity contribution in [3.05, 3.63) is 41.4 Å². The average molecular weight is 250 g/mol. The molecule has 0 saturated heterocycles. The molecule has 6 heteroatoms. The largest absolute Gasteiger partial charge is 0.505 e. The summed E-state index contributed by atoms with van der Waals surface area (Å²) in [5, 5.41) is 18.1. The zero-order valence-corrected chi connectivity index (χ0v) is 8.88. The van der Waals surface area contributed by atoms with Gasteiger partial charge in [-0.15, -0.1) is 0 Å². The molecule has 92 valence electrons. The molecule has 2 rings (SSSR count). The molecule has 2 N–H and O–H groups in total. The lowest BCUT2D eigenvalue weighted by Gasteiger charge is -2.05. The number of aromatic carboxylic acids is 1. The molecule has 0 radical (unpaired) electrons. The summed E-state index contributed by atoms with van der Waals surface area (Å²) in [7, 11) is 0. The maximum absolute atomic E-state index is 13.2. The minimum absolute atomic E-state index is 0.00479. The van der Waals surface area contributed by atoms with Crippen molar-refractivity contribution in [1.29, 1.82) is 0 Å². The van der Waals surface area contributed by atoms with E-state index in [0.717, 1.165) is 12.1 Å². The van der Waals surface area contributed by atoms with E-state index in [-0.39, 0.29) is 22.6 Å². The van der Waals surface area contributed by atoms with Crippen LogP contribution in [0.5, 0.6) is 5.75 Å². The first-order valence-corrected chi connectivity index (χ1v) is 4.84. The van der Waals surface area contributed by atoms with Crippen LogP contribution in [0.1, 0.15) is 20.9 Å². The van der Waals surface area contributed by atoms with Crippen molar-refractivity contribution in [2.45, 2.75) is 0 Å². The van der Waals surface area contributed by atoms with Crippen LogP contribution in [0.3, 0.4) is 0 Å². The molecule has 0 saturated carbocycles. The first kappa shape index (κ1) is 11.8. The number of rotatable bonds is 3. The predicted octanol–water partition coefficient (Wildman–Crippen LogP) is 2.30. The second-order valence-electron chi connectivity index (χ2n) is 3.47. The second kappa shape index (κ2) is 4.33. The van der Waals surface area contributed by atoms with Gasteiger partial charge in [0.05, 0.1) is 5.56 Å². The summed E-state index contributed by atoms with van der Waals surface area (Å²) in [6.45, 7) is 0. The van der Waals surface area contributed by atoms with Gasteiger partial charge in [-0.1, -0.05) is 0 Å². The first-order valence-electron chi connectivity index (χ1n) is 4.84. The smallest absolute Gasteiger partial charge is 0.336 e. The highest BCUT2D eigenvalue weighted by atomic mass is 19.1. The molecule has 0 aliphatic rings. The van der Waals surface area contributed by atoms with Gasteiger partial charge in [-0.05, 0) is 24.3 Å². The molecular formula is C12H7FO5. The van der Waals surface area contributed by atoms with E-state index in [1.165, 1.54) is 12.1 Å². The Labute approximate surface area is 100 Å². The average Bonchev–Trinajstić information content (AvgIpc) is 2.80. The van der Waals surface area contributed by atoms with Crippen LogP contribution < -0.4 is 0 Å². The van der Waals surface area contributed by atoms with E-state index in [4.69, 9.17) is 14.6 Å². The third-order valence-electron chi connectivity index (χ3n) is 2.33. The fourth-order valence-electron chi connectivity index (χ4n) is 1.50. The van der Waals surface area contributed by atoms with Gasteiger partial charge in [-0.3, -0.25) is 4.79 Å². The number of benzene rings is 1. The van der Waals surface area contributed by atoms with E-state index in [1.807, 2.05) is 0 Å². The van der Waals surface area contributed by atoms with Gasteiger partial charge < -0.3 is 14.6 Å². The zero-order valence-electron chi connectivity index (χ0n) is 8.88. The lowest BCUT2D eigenvalue weighted by Crippen LogP contribution is -2.00. The molecular weight excluding hydrogens is 243 g/mol. The molecule has 1 aromatic carbocycles. The standard InChI is InChI=1S/C12H7FO5/c13-9-3-7(8(12(16)17)4-10(9)15)11-2-1-6(5-14)18-11/h1-5,15H,(H,16,17). The monoisotopic (exact) mass is 250 g/mol. The lowest BCUT2D eigenvalue weighted by atomic mass is 10.0. The molecule has 0 unspecified atom stereocenters. The number of carbonyl (C=O) groups excluding carboxylic acids is 1. The third kappa shape index (κ3) is 1.95. The number of hydrogen-bond acceptors (Lipinski definition) is 4. The van der Waals surface area contributed by atoms with Gasteiger partial charge in [-0.2, -0.15) is 0 Å². The summed E-state index contributed by atoms with van der Waals surface area (Å²) in [5.41, 5.74) is -0.369. The Morgan fingerprint density at radius 1 is 1.33 bits per heavy atom. The Morgan fingerprint density at radius 3 is 2.61 bits per heavy atom. The normalized spacial score (nSPS) is 10.3. The van der Waals surface area contributed by atoms with Crippen LogP contribution in [0.25, 0.3) is 11.3 Å². The predicted molar refractivity (Wildman–Crippen MR) is 58.1 cm³/mol. The Kier molecular flexibility index (Phi) is 2.85. The Balaban J connectivity index is 2.65. The van der Waals surface area contributed by atoms with E-state index in [1.54, 1.807) is 0 Å². The Hall–Kier alpha value is -2.63. The molecule has 0 spiro atoms. The van der Waals surface area contributed by atoms with Crippen LogP contribution >= 0.6 is 0 Å². The highest BCUT2D eigenvalue weighted by molar-refractivity contribution is 5.96. The summed E-state index contributed by atoms with van der Waals surface area (Å²) < 4.78 is 18.3. The number of phenolic OH excluding ortho intramolecular Hbond substituents is 1. The van der Waals surface area contributed by atoms with Crippen molar-refractivity contribution in [3.8, 4) is 17.1 Å². The van der Waals surface area contributed by atoms with Crippen molar-refractivity contribution < 1.29 is 28.6 Å². The zero-order chi connectivity index (χ0) is 13.3. The molecule has 0 atom stereocenters. The maximum Gasteiger partial charge on any atom is 0.336 e. The fourth-order valence-corrected chi connectivity index (χ4v) is 1.50. The highest BCUT2D eigenvalue weighted by Crippen LogP contribution is 2.30. The molecule has 5 nitrogen and oxygen atoms in total. The second-order valence-corrected chi connectivity index (χ2v) is 3.47. The summed E-state index contributed by atoms with van der Waals surface area (Å²) in [5.74, 6) is -3.05. The Morgan fingerprint density at radius 2 is 2.06 bits per heavy atom. The molecule has 0 bridgehead atoms. The van der Waals surface area contributed by atoms with E-state index < -0.39 is 17.5 Å². The molecule has 1 heterocycles. The highest BCUT2D eigenvalue weighted by Gasteiger charge is 2.18. The van der Waals surface area contributed by atoms with Gasteiger partial charge in [0.15, 0.2) is 23.6 Å². The van der Waals surface area contributed by atoms with Gasteiger partial charge in [0.25, 0.3) is 0 Å². The maximum atomic E-state index is 13.2. The summed E-state index contributed by atoms with van der Waals surface area (Å²) >= 11 is 0. The van der Waals surface area contributed by atoms with Gasteiger partial charge >= 0.3 is 5.97 Å². The minimum atomic E-state index is -1.34. The van der Waals surface area contributed by atoms with E-state index in [0.29, 0.717) is 6.29 Å². The van der Waals surface area contributed by atoms with Gasteiger partial charge in [0.2, 0.25) is 0 Å². The SMILES string of the molecule is O=Cc1ccc(-c2cc(F)c(O)cc2C(=O)O)o1. The van der Waals surface area contributed by atoms with E-state index in [2.05, 4.69) is 0 Å². The van der Waals surface area contributed by atoms with Crippen molar-refractivity contribution in [3.63, 3.8) is 0 Å². The van der Waals surface area contributed by atoms with Gasteiger partial charge in [0.1, 0.15) is 5.76 Å². The van der Waals surface area contributed by atoms with E-state index >= 15 is 0 Å². The van der Waals surface area contributed by atoms with Crippen molar-refractivity contribution in [2.24, 2.45) is 0 Å². The van der Waals surface area contributed by atoms with Crippen LogP contribution in [0.15, 0.2) is 28.7 Å². The number of aldehydes is 1. The summed E-state index contributed by atoms with van der Waals surface area (Å²) in [6, 6.07) is 4.31. The molecule has 0 fully saturated rings. The summed E-state index contributed by atoms with van der Waals surface area (Å²) in [4.78, 5) is 21.5. The van der Waals surface area contributed by atoms with Crippen LogP contribution in [0.2, 0.25) is 0 Å². The topological polar surface area (TPSA) is 87.7 Å². The summed E-state index contributed by atoms with van der Waals surface area (Å²) in [6.07, 6.45) is 0.445. The van der Waals surface area contributed by atoms with Crippen LogP contribution in [0.4, 0.5) is 4.39 Å². The Bertz CT molecular complexity index is 629. The number of phenols is 1. The van der Waals surface area contributed by atoms with E-state index in [9.17, 15) is 14.0 Å². The molecule has 1 aromatic heterocycles. The van der Waals surface area contributed by atoms with Crippen molar-refractivity contribution >= 4 is 12.3 Å². The third-order valence-corrected chi connectivity index (χ3v) is 2.33. The quantitative estimate of drug-likeness (QED) is 0.816. The van der Waals surface area contributed by atoms with Gasteiger partial charge in [0, 0.05) is 5.56 Å². The lowest BCUT2D eigenvalue weighted by molar-refractivity contribution is 0.0697. The van der Waals surface area contributed by atoms with Crippen LogP contribution in [-0.2, 0) is 0 Å². The number of carbonyl (C=O) groups is 2. The number of carboxylic acids is 1. The number of carboxylic acid groups (broad SMARTS) is 1. The first-order chi connectivity index (χ1) is 8.52. The van der Waals surface area contributed by atoms with Gasteiger partial charge in [-0.25, -0.2) is 9.18 Å². The molecule has 18 heavy (non-hydrogen) atoms. The van der Waals surface area contributed by atoms with Crippen molar-refractivity contribution in [2.75, 3.05) is 0 Å². The molecule has 0 amide bonds. The fraction of sp³-hybridized carbons (Fsp3) is 0. The molecule has 0 aliphatic carbocycles. The van der Waals surface area contributed by atoms with Crippen LogP contribution in [-0.4, -0.2) is 22.5 Å². The number of furan rings is 1. The minimum Gasteiger partial charge on any atom is -0.505 e. The number of hydrogen-bond donors (Lipinski definition) is 2. The number of halogens is 1. The molecule has 0 aliphatic heterocycles.